The number of nitrogens with one attached hydrogen (secondary N) is 1. The number of hydrogen-bond donors (Lipinski definition) is 1. The number of benzene rings is 2. The monoisotopic (exact) mass is 385 g/mol. The van der Waals surface area contributed by atoms with Gasteiger partial charge in [0.2, 0.25) is 0 Å². The molecule has 0 radical (unpaired) electrons. The van der Waals surface area contributed by atoms with Crippen molar-refractivity contribution in [2.75, 3.05) is 11.9 Å². The third-order valence-electron chi connectivity index (χ3n) is 2.98. The maximum Gasteiger partial charge on any atom is 0.262 e. The number of halogens is 3. The highest BCUT2D eigenvalue weighted by Crippen LogP contribution is 2.26. The highest BCUT2D eigenvalue weighted by Gasteiger charge is 2.08. The highest BCUT2D eigenvalue weighted by atomic mass is 79.9. The molecular weight excluding hydrogens is 373 g/mol. The largest absolute Gasteiger partial charge is 0.484 e. The molecular formula is C16H14BrClFNO2. The van der Waals surface area contributed by atoms with Crippen LogP contribution in [0.2, 0.25) is 5.02 Å². The molecule has 0 heterocycles. The van der Waals surface area contributed by atoms with E-state index >= 15 is 0 Å². The summed E-state index contributed by atoms with van der Waals surface area (Å²) in [6, 6.07) is 7.67. The van der Waals surface area contributed by atoms with Gasteiger partial charge in [-0.2, -0.15) is 0 Å². The number of anilines is 1. The Bertz CT molecular complexity index is 698. The summed E-state index contributed by atoms with van der Waals surface area (Å²) in [5.41, 5.74) is 2.48. The summed E-state index contributed by atoms with van der Waals surface area (Å²) in [5.74, 6) is -0.261. The van der Waals surface area contributed by atoms with Crippen molar-refractivity contribution >= 4 is 39.1 Å². The van der Waals surface area contributed by atoms with Crippen molar-refractivity contribution in [1.29, 1.82) is 0 Å². The maximum atomic E-state index is 13.0. The van der Waals surface area contributed by atoms with Gasteiger partial charge in [-0.1, -0.05) is 27.5 Å². The van der Waals surface area contributed by atoms with Crippen LogP contribution in [0.1, 0.15) is 11.1 Å². The molecule has 0 aliphatic carbocycles. The van der Waals surface area contributed by atoms with Crippen LogP contribution in [0.25, 0.3) is 0 Å². The van der Waals surface area contributed by atoms with Gasteiger partial charge in [0.1, 0.15) is 11.6 Å². The zero-order chi connectivity index (χ0) is 16.3. The molecule has 2 rings (SSSR count). The van der Waals surface area contributed by atoms with Gasteiger partial charge >= 0.3 is 0 Å². The van der Waals surface area contributed by atoms with Gasteiger partial charge < -0.3 is 10.1 Å². The molecule has 0 atom stereocenters. The van der Waals surface area contributed by atoms with Crippen LogP contribution in [-0.4, -0.2) is 12.5 Å². The van der Waals surface area contributed by atoms with Crippen molar-refractivity contribution in [2.24, 2.45) is 0 Å². The molecule has 0 aliphatic rings. The molecule has 1 amide bonds. The predicted octanol–water partition coefficient (Wildman–Crippen LogP) is 4.88. The quantitative estimate of drug-likeness (QED) is 0.813. The van der Waals surface area contributed by atoms with Crippen LogP contribution in [0.5, 0.6) is 5.75 Å². The van der Waals surface area contributed by atoms with E-state index in [2.05, 4.69) is 21.2 Å². The van der Waals surface area contributed by atoms with Crippen molar-refractivity contribution < 1.29 is 13.9 Å². The fourth-order valence-electron chi connectivity index (χ4n) is 1.91. The van der Waals surface area contributed by atoms with Gasteiger partial charge in [0, 0.05) is 10.2 Å². The first-order valence-electron chi connectivity index (χ1n) is 6.51. The van der Waals surface area contributed by atoms with Crippen molar-refractivity contribution in [1.82, 2.24) is 0 Å². The molecule has 3 nitrogen and oxygen atoms in total. The maximum absolute atomic E-state index is 13.0. The van der Waals surface area contributed by atoms with Crippen LogP contribution >= 0.6 is 27.5 Å². The minimum absolute atomic E-state index is 0.0436. The van der Waals surface area contributed by atoms with Gasteiger partial charge in [-0.3, -0.25) is 4.79 Å². The lowest BCUT2D eigenvalue weighted by atomic mass is 10.1. The fraction of sp³-hybridized carbons (Fsp3) is 0.188. The lowest BCUT2D eigenvalue weighted by Gasteiger charge is -2.10. The summed E-state index contributed by atoms with van der Waals surface area (Å²) < 4.78 is 19.5. The summed E-state index contributed by atoms with van der Waals surface area (Å²) in [6.07, 6.45) is 0. The molecule has 0 spiro atoms. The summed E-state index contributed by atoms with van der Waals surface area (Å²) in [5, 5.41) is 2.55. The second kappa shape index (κ2) is 7.11. The SMILES string of the molecule is Cc1cc(OCC(=O)Nc2ccc(F)c(Cl)c2)cc(C)c1Br. The Labute approximate surface area is 141 Å². The first kappa shape index (κ1) is 16.8. The second-order valence-corrected chi connectivity index (χ2v) is 6.04. The smallest absolute Gasteiger partial charge is 0.262 e. The molecule has 22 heavy (non-hydrogen) atoms. The van der Waals surface area contributed by atoms with E-state index < -0.39 is 5.82 Å². The number of rotatable bonds is 4. The molecule has 0 bridgehead atoms. The first-order chi connectivity index (χ1) is 10.4. The Morgan fingerprint density at radius 1 is 1.27 bits per heavy atom. The second-order valence-electron chi connectivity index (χ2n) is 4.84. The third kappa shape index (κ3) is 4.21. The van der Waals surface area contributed by atoms with Gasteiger partial charge in [-0.15, -0.1) is 0 Å². The van der Waals surface area contributed by atoms with Gasteiger partial charge in [0.15, 0.2) is 6.61 Å². The molecule has 1 N–H and O–H groups in total. The van der Waals surface area contributed by atoms with Crippen molar-refractivity contribution in [3.8, 4) is 5.75 Å². The minimum Gasteiger partial charge on any atom is -0.484 e. The predicted molar refractivity (Wildman–Crippen MR) is 89.2 cm³/mol. The number of carbonyl (C=O) groups is 1. The minimum atomic E-state index is -0.531. The summed E-state index contributed by atoms with van der Waals surface area (Å²) >= 11 is 9.13. The van der Waals surface area contributed by atoms with E-state index in [1.54, 1.807) is 0 Å². The molecule has 0 aromatic heterocycles. The average Bonchev–Trinajstić information content (AvgIpc) is 2.46. The zero-order valence-corrected chi connectivity index (χ0v) is 14.4. The van der Waals surface area contributed by atoms with E-state index in [1.165, 1.54) is 18.2 Å². The van der Waals surface area contributed by atoms with E-state index in [0.717, 1.165) is 15.6 Å². The van der Waals surface area contributed by atoms with Gasteiger partial charge in [-0.25, -0.2) is 4.39 Å². The lowest BCUT2D eigenvalue weighted by Crippen LogP contribution is -2.20. The highest BCUT2D eigenvalue weighted by molar-refractivity contribution is 9.10. The van der Waals surface area contributed by atoms with Crippen LogP contribution < -0.4 is 10.1 Å². The van der Waals surface area contributed by atoms with Crippen LogP contribution in [0, 0.1) is 19.7 Å². The van der Waals surface area contributed by atoms with Gasteiger partial charge in [0.25, 0.3) is 5.91 Å². The van der Waals surface area contributed by atoms with Crippen LogP contribution in [0.15, 0.2) is 34.8 Å². The summed E-state index contributed by atoms with van der Waals surface area (Å²) in [4.78, 5) is 11.8. The molecule has 2 aromatic carbocycles. The van der Waals surface area contributed by atoms with E-state index in [-0.39, 0.29) is 17.5 Å². The van der Waals surface area contributed by atoms with E-state index in [4.69, 9.17) is 16.3 Å². The lowest BCUT2D eigenvalue weighted by molar-refractivity contribution is -0.118. The standard InChI is InChI=1S/C16H14BrClFNO2/c1-9-5-12(6-10(2)16(9)17)22-8-15(21)20-11-3-4-14(19)13(18)7-11/h3-7H,8H2,1-2H3,(H,20,21). The molecule has 0 saturated heterocycles. The summed E-state index contributed by atoms with van der Waals surface area (Å²) in [6.45, 7) is 3.75. The van der Waals surface area contributed by atoms with Crippen molar-refractivity contribution in [3.63, 3.8) is 0 Å². The molecule has 0 aliphatic heterocycles. The first-order valence-corrected chi connectivity index (χ1v) is 7.68. The molecule has 0 saturated carbocycles. The van der Waals surface area contributed by atoms with Crippen LogP contribution in [0.3, 0.4) is 0 Å². The van der Waals surface area contributed by atoms with E-state index in [9.17, 15) is 9.18 Å². The number of amides is 1. The Hall–Kier alpha value is -1.59. The third-order valence-corrected chi connectivity index (χ3v) is 4.52. The Balaban J connectivity index is 1.96. The number of aryl methyl sites for hydroxylation is 2. The van der Waals surface area contributed by atoms with E-state index in [1.807, 2.05) is 26.0 Å². The van der Waals surface area contributed by atoms with Crippen molar-refractivity contribution in [3.05, 3.63) is 56.8 Å². The molecule has 0 fully saturated rings. The van der Waals surface area contributed by atoms with E-state index in [0.29, 0.717) is 11.4 Å². The van der Waals surface area contributed by atoms with Crippen LogP contribution in [-0.2, 0) is 4.79 Å². The zero-order valence-electron chi connectivity index (χ0n) is 12.0. The molecule has 0 unspecified atom stereocenters. The number of ether oxygens (including phenoxy) is 1. The topological polar surface area (TPSA) is 38.3 Å². The fourth-order valence-corrected chi connectivity index (χ4v) is 2.32. The molecule has 116 valence electrons. The van der Waals surface area contributed by atoms with Crippen LogP contribution in [0.4, 0.5) is 10.1 Å². The Morgan fingerprint density at radius 3 is 2.50 bits per heavy atom. The molecule has 2 aromatic rings. The normalized spacial score (nSPS) is 10.4. The average molecular weight is 387 g/mol. The Morgan fingerprint density at radius 2 is 1.91 bits per heavy atom. The number of hydrogen-bond acceptors (Lipinski definition) is 2. The van der Waals surface area contributed by atoms with Gasteiger partial charge in [-0.05, 0) is 55.3 Å². The number of carbonyl (C=O) groups excluding carboxylic acids is 1. The summed E-state index contributed by atoms with van der Waals surface area (Å²) in [7, 11) is 0. The van der Waals surface area contributed by atoms with Crippen molar-refractivity contribution in [2.45, 2.75) is 13.8 Å². The molecule has 6 heteroatoms. The van der Waals surface area contributed by atoms with Gasteiger partial charge in [0.05, 0.1) is 5.02 Å². The Kier molecular flexibility index (Phi) is 5.42.